The summed E-state index contributed by atoms with van der Waals surface area (Å²) in [4.78, 5) is 13.5. The Hall–Kier alpha value is -0.0200. The van der Waals surface area contributed by atoms with Crippen LogP contribution in [-0.2, 0) is 4.79 Å². The highest BCUT2D eigenvalue weighted by atomic mass is 32.2. The Morgan fingerprint density at radius 2 is 2.14 bits per heavy atom. The van der Waals surface area contributed by atoms with Gasteiger partial charge in [-0.3, -0.25) is 9.69 Å². The van der Waals surface area contributed by atoms with Crippen molar-refractivity contribution in [2.75, 3.05) is 25.6 Å². The lowest BCUT2D eigenvalue weighted by Gasteiger charge is -2.23. The van der Waals surface area contributed by atoms with Gasteiger partial charge >= 0.3 is 0 Å². The summed E-state index contributed by atoms with van der Waals surface area (Å²) in [6.07, 6.45) is 4.97. The van der Waals surface area contributed by atoms with Crippen molar-refractivity contribution < 1.29 is 4.79 Å². The first-order chi connectivity index (χ1) is 6.61. The minimum Gasteiger partial charge on any atom is -0.298 e. The first-order valence-corrected chi connectivity index (χ1v) is 6.72. The summed E-state index contributed by atoms with van der Waals surface area (Å²) in [6.45, 7) is 4.86. The first kappa shape index (κ1) is 14.0. The second-order valence-electron chi connectivity index (χ2n) is 3.83. The number of carbonyl (C=O) groups excluding carboxylic acids is 1. The topological polar surface area (TPSA) is 20.3 Å². The van der Waals surface area contributed by atoms with Gasteiger partial charge in [0.1, 0.15) is 5.78 Å². The van der Waals surface area contributed by atoms with E-state index in [-0.39, 0.29) is 0 Å². The Morgan fingerprint density at radius 1 is 1.50 bits per heavy atom. The predicted molar refractivity (Wildman–Crippen MR) is 65.0 cm³/mol. The third kappa shape index (κ3) is 6.44. The molecule has 14 heavy (non-hydrogen) atoms. The molecule has 0 bridgehead atoms. The molecule has 3 heteroatoms. The van der Waals surface area contributed by atoms with E-state index in [9.17, 15) is 4.79 Å². The fourth-order valence-corrected chi connectivity index (χ4v) is 1.88. The van der Waals surface area contributed by atoms with Crippen LogP contribution in [0.1, 0.15) is 33.1 Å². The van der Waals surface area contributed by atoms with Crippen LogP contribution in [0.5, 0.6) is 0 Å². The number of hydrogen-bond acceptors (Lipinski definition) is 3. The van der Waals surface area contributed by atoms with Crippen LogP contribution in [-0.4, -0.2) is 42.3 Å². The van der Waals surface area contributed by atoms with Crippen molar-refractivity contribution in [2.45, 2.75) is 39.2 Å². The van der Waals surface area contributed by atoms with Crippen molar-refractivity contribution >= 4 is 17.5 Å². The van der Waals surface area contributed by atoms with Gasteiger partial charge in [0.15, 0.2) is 0 Å². The van der Waals surface area contributed by atoms with Crippen molar-refractivity contribution in [1.82, 2.24) is 4.90 Å². The highest BCUT2D eigenvalue weighted by molar-refractivity contribution is 7.98. The van der Waals surface area contributed by atoms with Crippen molar-refractivity contribution in [3.05, 3.63) is 0 Å². The Kier molecular flexibility index (Phi) is 8.29. The normalized spacial score (nSPS) is 13.2. The van der Waals surface area contributed by atoms with E-state index in [1.165, 1.54) is 5.75 Å². The number of Topliss-reactive ketones (excluding diaryl/α,β-unsaturated/α-hetero) is 1. The lowest BCUT2D eigenvalue weighted by atomic mass is 10.2. The molecule has 0 radical (unpaired) electrons. The molecule has 84 valence electrons. The van der Waals surface area contributed by atoms with Crippen LogP contribution >= 0.6 is 11.8 Å². The zero-order valence-corrected chi connectivity index (χ0v) is 10.7. The van der Waals surface area contributed by atoms with E-state index in [4.69, 9.17) is 0 Å². The zero-order valence-electron chi connectivity index (χ0n) is 9.88. The van der Waals surface area contributed by atoms with Gasteiger partial charge in [-0.05, 0) is 38.8 Å². The maximum Gasteiger partial charge on any atom is 0.146 e. The number of thioether (sulfide) groups is 1. The number of rotatable bonds is 8. The summed E-state index contributed by atoms with van der Waals surface area (Å²) in [5.74, 6) is 1.54. The second-order valence-corrected chi connectivity index (χ2v) is 4.82. The monoisotopic (exact) mass is 217 g/mol. The van der Waals surface area contributed by atoms with Crippen LogP contribution in [0.2, 0.25) is 0 Å². The number of nitrogens with zero attached hydrogens (tertiary/aromatic N) is 1. The summed E-state index contributed by atoms with van der Waals surface area (Å²) in [5, 5.41) is 0. The van der Waals surface area contributed by atoms with E-state index in [0.717, 1.165) is 19.3 Å². The lowest BCUT2D eigenvalue weighted by Crippen LogP contribution is -2.34. The van der Waals surface area contributed by atoms with Gasteiger partial charge in [-0.1, -0.05) is 6.92 Å². The maximum atomic E-state index is 11.4. The average molecular weight is 217 g/mol. The van der Waals surface area contributed by atoms with Gasteiger partial charge < -0.3 is 0 Å². The fourth-order valence-electron chi connectivity index (χ4n) is 1.30. The van der Waals surface area contributed by atoms with Gasteiger partial charge in [0.05, 0.1) is 6.54 Å². The molecule has 1 atom stereocenters. The Bertz CT molecular complexity index is 161. The van der Waals surface area contributed by atoms with Gasteiger partial charge in [0.2, 0.25) is 0 Å². The third-order valence-electron chi connectivity index (χ3n) is 2.45. The zero-order chi connectivity index (χ0) is 11.0. The molecule has 0 aromatic carbocycles. The number of hydrogen-bond donors (Lipinski definition) is 0. The predicted octanol–water partition coefficient (Wildman–Crippen LogP) is 2.43. The van der Waals surface area contributed by atoms with Crippen molar-refractivity contribution in [2.24, 2.45) is 0 Å². The second kappa shape index (κ2) is 8.30. The maximum absolute atomic E-state index is 11.4. The van der Waals surface area contributed by atoms with Gasteiger partial charge in [-0.2, -0.15) is 11.8 Å². The molecule has 0 spiro atoms. The molecule has 0 heterocycles. The molecular weight excluding hydrogens is 194 g/mol. The molecule has 0 fully saturated rings. The molecule has 1 unspecified atom stereocenters. The van der Waals surface area contributed by atoms with Crippen LogP contribution in [0.3, 0.4) is 0 Å². The quantitative estimate of drug-likeness (QED) is 0.623. The van der Waals surface area contributed by atoms with Crippen LogP contribution in [0.15, 0.2) is 0 Å². The van der Waals surface area contributed by atoms with Crippen LogP contribution in [0.4, 0.5) is 0 Å². The van der Waals surface area contributed by atoms with Crippen LogP contribution < -0.4 is 0 Å². The molecule has 0 aromatic heterocycles. The fraction of sp³-hybridized carbons (Fsp3) is 0.909. The highest BCUT2D eigenvalue weighted by Gasteiger charge is 2.11. The average Bonchev–Trinajstić information content (AvgIpc) is 2.14. The van der Waals surface area contributed by atoms with E-state index in [1.54, 1.807) is 0 Å². The minimum atomic E-state index is 0.367. The minimum absolute atomic E-state index is 0.367. The molecule has 2 nitrogen and oxygen atoms in total. The van der Waals surface area contributed by atoms with Crippen LogP contribution in [0.25, 0.3) is 0 Å². The molecule has 0 saturated carbocycles. The molecule has 0 aliphatic heterocycles. The van der Waals surface area contributed by atoms with E-state index >= 15 is 0 Å². The Balaban J connectivity index is 3.70. The summed E-state index contributed by atoms with van der Waals surface area (Å²) in [7, 11) is 2.04. The van der Waals surface area contributed by atoms with E-state index in [1.807, 2.05) is 18.8 Å². The Morgan fingerprint density at radius 3 is 2.64 bits per heavy atom. The number of ketones is 1. The largest absolute Gasteiger partial charge is 0.298 e. The number of carbonyl (C=O) groups is 1. The summed E-state index contributed by atoms with van der Waals surface area (Å²) >= 11 is 1.86. The van der Waals surface area contributed by atoms with Crippen LogP contribution in [0, 0.1) is 0 Å². The summed E-state index contributed by atoms with van der Waals surface area (Å²) in [5.41, 5.74) is 0. The van der Waals surface area contributed by atoms with E-state index in [2.05, 4.69) is 25.0 Å². The molecular formula is C11H23NOS. The highest BCUT2D eigenvalue weighted by Crippen LogP contribution is 2.06. The molecule has 0 aliphatic carbocycles. The van der Waals surface area contributed by atoms with Crippen molar-refractivity contribution in [3.8, 4) is 0 Å². The van der Waals surface area contributed by atoms with E-state index in [0.29, 0.717) is 18.4 Å². The van der Waals surface area contributed by atoms with Crippen molar-refractivity contribution in [3.63, 3.8) is 0 Å². The van der Waals surface area contributed by atoms with Gasteiger partial charge in [-0.25, -0.2) is 0 Å². The molecule has 0 saturated heterocycles. The van der Waals surface area contributed by atoms with Crippen molar-refractivity contribution in [1.29, 1.82) is 0 Å². The molecule has 0 aromatic rings. The molecule has 0 rings (SSSR count). The smallest absolute Gasteiger partial charge is 0.146 e. The van der Waals surface area contributed by atoms with Gasteiger partial charge in [0.25, 0.3) is 0 Å². The SMILES string of the molecule is CCCC(=O)CN(C)C(C)CCSC. The van der Waals surface area contributed by atoms with Gasteiger partial charge in [0, 0.05) is 12.5 Å². The van der Waals surface area contributed by atoms with Gasteiger partial charge in [-0.15, -0.1) is 0 Å². The summed E-state index contributed by atoms with van der Waals surface area (Å²) < 4.78 is 0. The molecule has 0 amide bonds. The summed E-state index contributed by atoms with van der Waals surface area (Å²) in [6, 6.07) is 0.517. The Labute approximate surface area is 92.4 Å². The lowest BCUT2D eigenvalue weighted by molar-refractivity contribution is -0.120. The van der Waals surface area contributed by atoms with E-state index < -0.39 is 0 Å². The standard InChI is InChI=1S/C11H23NOS/c1-5-6-11(13)9-12(3)10(2)7-8-14-4/h10H,5-9H2,1-4H3. The number of likely N-dealkylation sites (N-methyl/N-ethyl adjacent to an activating group) is 1. The first-order valence-electron chi connectivity index (χ1n) is 5.32. The molecule has 0 N–H and O–H groups in total. The molecule has 0 aliphatic rings. The third-order valence-corrected chi connectivity index (χ3v) is 3.09.